The molecule has 0 aromatic heterocycles. The van der Waals surface area contributed by atoms with E-state index in [0.29, 0.717) is 12.8 Å². The second-order valence-electron chi connectivity index (χ2n) is 4.60. The third-order valence-electron chi connectivity index (χ3n) is 2.99. The van der Waals surface area contributed by atoms with Crippen LogP contribution in [-0.4, -0.2) is 29.6 Å². The molecule has 4 N–H and O–H groups in total. The van der Waals surface area contributed by atoms with Gasteiger partial charge in [-0.2, -0.15) is 8.42 Å². The van der Waals surface area contributed by atoms with Crippen LogP contribution in [0.4, 0.5) is 0 Å². The third kappa shape index (κ3) is 4.30. The topological polar surface area (TPSA) is 118 Å². The molecule has 1 aliphatic carbocycles. The van der Waals surface area contributed by atoms with Crippen molar-refractivity contribution in [2.45, 2.75) is 36.6 Å². The fourth-order valence-corrected chi connectivity index (χ4v) is 1.96. The molecule has 0 saturated heterocycles. The zero-order valence-corrected chi connectivity index (χ0v) is 11.4. The van der Waals surface area contributed by atoms with E-state index in [9.17, 15) is 13.2 Å². The summed E-state index contributed by atoms with van der Waals surface area (Å²) in [6.07, 6.45) is 2.24. The van der Waals surface area contributed by atoms with Gasteiger partial charge in [0.15, 0.2) is 0 Å². The molecule has 1 saturated carbocycles. The molecule has 6 nitrogen and oxygen atoms in total. The number of carbonyl (C=O) groups is 1. The predicted octanol–water partition coefficient (Wildman–Crippen LogP) is 1.19. The van der Waals surface area contributed by atoms with E-state index < -0.39 is 21.6 Å². The average molecular weight is 287 g/mol. The van der Waals surface area contributed by atoms with E-state index in [4.69, 9.17) is 15.4 Å². The molecule has 0 amide bonds. The molecule has 106 valence electrons. The standard InChI is InChI=1S/C7H8O3S.C5H9NO2/c1-6-2-4-7(5-3-6)11(8,9)10;6-5(4(7)8)2-1-3-5/h2-5H,1H3,(H,8,9,10);1-3,6H2,(H,7,8). The molecule has 0 atom stereocenters. The molecule has 1 aromatic carbocycles. The summed E-state index contributed by atoms with van der Waals surface area (Å²) >= 11 is 0. The van der Waals surface area contributed by atoms with Crippen molar-refractivity contribution >= 4 is 16.1 Å². The number of aliphatic carboxylic acids is 1. The van der Waals surface area contributed by atoms with E-state index in [-0.39, 0.29) is 4.90 Å². The summed E-state index contributed by atoms with van der Waals surface area (Å²) in [5.74, 6) is -0.858. The Balaban J connectivity index is 0.000000200. The lowest BCUT2D eigenvalue weighted by atomic mass is 9.78. The minimum atomic E-state index is -4.02. The third-order valence-corrected chi connectivity index (χ3v) is 3.86. The van der Waals surface area contributed by atoms with Crippen LogP contribution in [0.15, 0.2) is 29.2 Å². The van der Waals surface area contributed by atoms with E-state index in [0.717, 1.165) is 12.0 Å². The minimum Gasteiger partial charge on any atom is -0.480 e. The first-order chi connectivity index (χ1) is 8.65. The fraction of sp³-hybridized carbons (Fsp3) is 0.417. The summed E-state index contributed by atoms with van der Waals surface area (Å²) in [6.45, 7) is 1.84. The van der Waals surface area contributed by atoms with Crippen LogP contribution in [-0.2, 0) is 14.9 Å². The molecule has 7 heteroatoms. The quantitative estimate of drug-likeness (QED) is 0.703. The SMILES string of the molecule is Cc1ccc(S(=O)(=O)O)cc1.NC1(C(=O)O)CCC1. The Bertz CT molecular complexity index is 546. The van der Waals surface area contributed by atoms with Gasteiger partial charge in [0.1, 0.15) is 5.54 Å². The van der Waals surface area contributed by atoms with Crippen LogP contribution in [0.25, 0.3) is 0 Å². The van der Waals surface area contributed by atoms with Crippen LogP contribution >= 0.6 is 0 Å². The van der Waals surface area contributed by atoms with Gasteiger partial charge in [-0.1, -0.05) is 17.7 Å². The van der Waals surface area contributed by atoms with Gasteiger partial charge in [0.2, 0.25) is 0 Å². The molecule has 0 bridgehead atoms. The largest absolute Gasteiger partial charge is 0.480 e. The van der Waals surface area contributed by atoms with Gasteiger partial charge in [0, 0.05) is 0 Å². The molecule has 0 heterocycles. The van der Waals surface area contributed by atoms with E-state index in [1.165, 1.54) is 12.1 Å². The summed E-state index contributed by atoms with van der Waals surface area (Å²) in [4.78, 5) is 10.1. The minimum absolute atomic E-state index is 0.0666. The molecule has 1 fully saturated rings. The monoisotopic (exact) mass is 287 g/mol. The van der Waals surface area contributed by atoms with Crippen LogP contribution in [0.5, 0.6) is 0 Å². The van der Waals surface area contributed by atoms with Crippen molar-refractivity contribution < 1.29 is 22.9 Å². The summed E-state index contributed by atoms with van der Waals surface area (Å²) in [5, 5.41) is 8.37. The van der Waals surface area contributed by atoms with E-state index in [1.54, 1.807) is 12.1 Å². The van der Waals surface area contributed by atoms with Gasteiger partial charge in [0.05, 0.1) is 4.90 Å². The second kappa shape index (κ2) is 5.68. The molecule has 19 heavy (non-hydrogen) atoms. The van der Waals surface area contributed by atoms with Gasteiger partial charge in [-0.25, -0.2) is 0 Å². The van der Waals surface area contributed by atoms with Crippen molar-refractivity contribution in [2.75, 3.05) is 0 Å². The van der Waals surface area contributed by atoms with Gasteiger partial charge < -0.3 is 10.8 Å². The van der Waals surface area contributed by atoms with E-state index in [1.807, 2.05) is 6.92 Å². The Labute approximate surface area is 112 Å². The van der Waals surface area contributed by atoms with E-state index >= 15 is 0 Å². The highest BCUT2D eigenvalue weighted by molar-refractivity contribution is 7.85. The Morgan fingerprint density at radius 1 is 1.26 bits per heavy atom. The van der Waals surface area contributed by atoms with Crippen LogP contribution in [0, 0.1) is 6.92 Å². The Kier molecular flexibility index (Phi) is 4.67. The Morgan fingerprint density at radius 3 is 1.95 bits per heavy atom. The summed E-state index contributed by atoms with van der Waals surface area (Å²) in [7, 11) is -4.02. The number of hydrogen-bond acceptors (Lipinski definition) is 4. The highest BCUT2D eigenvalue weighted by Crippen LogP contribution is 2.28. The predicted molar refractivity (Wildman–Crippen MR) is 69.4 cm³/mol. The number of rotatable bonds is 2. The molecule has 2 rings (SSSR count). The molecule has 0 aliphatic heterocycles. The maximum atomic E-state index is 10.5. The lowest BCUT2D eigenvalue weighted by Crippen LogP contribution is -2.53. The van der Waals surface area contributed by atoms with Crippen LogP contribution in [0.3, 0.4) is 0 Å². The second-order valence-corrected chi connectivity index (χ2v) is 6.02. The summed E-state index contributed by atoms with van der Waals surface area (Å²) in [5.41, 5.74) is 5.44. The first kappa shape index (κ1) is 15.6. The number of aryl methyl sites for hydroxylation is 1. The average Bonchev–Trinajstić information content (AvgIpc) is 2.26. The lowest BCUT2D eigenvalue weighted by Gasteiger charge is -2.32. The zero-order valence-electron chi connectivity index (χ0n) is 10.5. The van der Waals surface area contributed by atoms with E-state index in [2.05, 4.69) is 0 Å². The van der Waals surface area contributed by atoms with Crippen LogP contribution in [0.2, 0.25) is 0 Å². The fourth-order valence-electron chi connectivity index (χ4n) is 1.48. The zero-order chi connectivity index (χ0) is 14.7. The van der Waals surface area contributed by atoms with Crippen molar-refractivity contribution in [3.63, 3.8) is 0 Å². The van der Waals surface area contributed by atoms with Crippen molar-refractivity contribution in [2.24, 2.45) is 5.73 Å². The first-order valence-electron chi connectivity index (χ1n) is 5.71. The molecule has 1 aliphatic rings. The smallest absolute Gasteiger partial charge is 0.323 e. The summed E-state index contributed by atoms with van der Waals surface area (Å²) < 4.78 is 29.6. The first-order valence-corrected chi connectivity index (χ1v) is 7.15. The number of hydrogen-bond donors (Lipinski definition) is 3. The van der Waals surface area contributed by atoms with Gasteiger partial charge in [-0.05, 0) is 38.3 Å². The summed E-state index contributed by atoms with van der Waals surface area (Å²) in [6, 6.07) is 5.99. The van der Waals surface area contributed by atoms with Gasteiger partial charge in [-0.3, -0.25) is 9.35 Å². The normalized spacial score (nSPS) is 16.8. The lowest BCUT2D eigenvalue weighted by molar-refractivity contribution is -0.146. The number of carboxylic acid groups (broad SMARTS) is 1. The maximum absolute atomic E-state index is 10.5. The Hall–Kier alpha value is -1.44. The van der Waals surface area contributed by atoms with Gasteiger partial charge >= 0.3 is 5.97 Å². The molecular formula is C12H17NO5S. The Morgan fingerprint density at radius 2 is 1.74 bits per heavy atom. The highest BCUT2D eigenvalue weighted by Gasteiger charge is 2.39. The van der Waals surface area contributed by atoms with Crippen LogP contribution in [0.1, 0.15) is 24.8 Å². The van der Waals surface area contributed by atoms with Gasteiger partial charge in [0.25, 0.3) is 10.1 Å². The molecule has 1 aromatic rings. The maximum Gasteiger partial charge on any atom is 0.323 e. The number of nitrogens with two attached hydrogens (primary N) is 1. The van der Waals surface area contributed by atoms with Gasteiger partial charge in [-0.15, -0.1) is 0 Å². The molecule has 0 unspecified atom stereocenters. The molecule has 0 spiro atoms. The number of benzene rings is 1. The molecular weight excluding hydrogens is 270 g/mol. The van der Waals surface area contributed by atoms with Crippen molar-refractivity contribution in [1.82, 2.24) is 0 Å². The van der Waals surface area contributed by atoms with Crippen molar-refractivity contribution in [3.8, 4) is 0 Å². The van der Waals surface area contributed by atoms with Crippen LogP contribution < -0.4 is 5.73 Å². The van der Waals surface area contributed by atoms with Crippen molar-refractivity contribution in [1.29, 1.82) is 0 Å². The van der Waals surface area contributed by atoms with Crippen molar-refractivity contribution in [3.05, 3.63) is 29.8 Å². The highest BCUT2D eigenvalue weighted by atomic mass is 32.2. The number of carboxylic acids is 1. The molecule has 0 radical (unpaired) electrons.